The van der Waals surface area contributed by atoms with Crippen LogP contribution in [0.15, 0.2) is 30.5 Å². The van der Waals surface area contributed by atoms with Gasteiger partial charge in [0.1, 0.15) is 10.7 Å². The monoisotopic (exact) mass is 323 g/mol. The Labute approximate surface area is 130 Å². The lowest BCUT2D eigenvalue weighted by atomic mass is 9.95. The first-order chi connectivity index (χ1) is 10.5. The number of hydrogen-bond acceptors (Lipinski definition) is 5. The Kier molecular flexibility index (Phi) is 5.18. The average molecular weight is 323 g/mol. The molecule has 1 aromatic heterocycles. The molecular formula is C14H14FN3O3S. The number of hydrogen-bond donors (Lipinski definition) is 3. The van der Waals surface area contributed by atoms with E-state index in [1.807, 2.05) is 6.92 Å². The topological polar surface area (TPSA) is 91.3 Å². The van der Waals surface area contributed by atoms with E-state index in [1.165, 1.54) is 23.8 Å². The molecule has 1 unspecified atom stereocenters. The van der Waals surface area contributed by atoms with Crippen molar-refractivity contribution in [2.24, 2.45) is 0 Å². The van der Waals surface area contributed by atoms with Gasteiger partial charge in [-0.05, 0) is 24.1 Å². The first-order valence-corrected chi connectivity index (χ1v) is 7.33. The minimum Gasteiger partial charge on any atom is -0.301 e. The Hall–Kier alpha value is -2.32. The maximum absolute atomic E-state index is 13.3. The summed E-state index contributed by atoms with van der Waals surface area (Å²) in [6.07, 6.45) is 1.74. The van der Waals surface area contributed by atoms with Gasteiger partial charge in [-0.1, -0.05) is 30.4 Å². The molecule has 1 heterocycles. The van der Waals surface area contributed by atoms with Gasteiger partial charge < -0.3 is 5.32 Å². The second-order valence-electron chi connectivity index (χ2n) is 4.48. The van der Waals surface area contributed by atoms with E-state index in [1.54, 1.807) is 12.1 Å². The Balaban J connectivity index is 2.13. The van der Waals surface area contributed by atoms with E-state index in [9.17, 15) is 14.0 Å². The van der Waals surface area contributed by atoms with Gasteiger partial charge in [0, 0.05) is 0 Å². The largest absolute Gasteiger partial charge is 0.301 e. The van der Waals surface area contributed by atoms with Gasteiger partial charge in [-0.25, -0.2) is 14.9 Å². The van der Waals surface area contributed by atoms with Crippen molar-refractivity contribution in [2.75, 3.05) is 5.32 Å². The summed E-state index contributed by atoms with van der Waals surface area (Å²) in [7, 11) is 0. The normalized spacial score (nSPS) is 11.8. The molecule has 2 aromatic rings. The molecule has 0 aliphatic carbocycles. The summed E-state index contributed by atoms with van der Waals surface area (Å²) < 4.78 is 13.3. The minimum atomic E-state index is -0.699. The van der Waals surface area contributed by atoms with E-state index in [-0.39, 0.29) is 15.9 Å². The molecule has 0 aliphatic heterocycles. The number of thiazole rings is 1. The summed E-state index contributed by atoms with van der Waals surface area (Å²) in [5.41, 5.74) is 2.06. The van der Waals surface area contributed by atoms with Crippen molar-refractivity contribution in [3.63, 3.8) is 0 Å². The molecular weight excluding hydrogens is 309 g/mol. The minimum absolute atomic E-state index is 0.164. The van der Waals surface area contributed by atoms with Crippen molar-refractivity contribution in [1.82, 2.24) is 10.5 Å². The third-order valence-corrected chi connectivity index (χ3v) is 3.95. The number of nitrogens with zero attached hydrogens (tertiary/aromatic N) is 1. The number of carbonyl (C=O) groups is 2. The zero-order valence-electron chi connectivity index (χ0n) is 11.7. The van der Waals surface area contributed by atoms with Gasteiger partial charge in [-0.3, -0.25) is 14.8 Å². The number of anilines is 1. The van der Waals surface area contributed by atoms with Crippen molar-refractivity contribution in [3.8, 4) is 0 Å². The first kappa shape index (κ1) is 16.1. The highest BCUT2D eigenvalue weighted by molar-refractivity contribution is 7.17. The number of amides is 2. The fraction of sp³-hybridized carbons (Fsp3) is 0.214. The van der Waals surface area contributed by atoms with E-state index in [0.717, 1.165) is 11.3 Å². The first-order valence-electron chi connectivity index (χ1n) is 6.51. The lowest BCUT2D eigenvalue weighted by molar-refractivity contribution is -0.117. The summed E-state index contributed by atoms with van der Waals surface area (Å²) in [5, 5.41) is 11.4. The van der Waals surface area contributed by atoms with Gasteiger partial charge >= 0.3 is 0 Å². The molecule has 0 radical (unpaired) electrons. The molecule has 0 saturated carbocycles. The van der Waals surface area contributed by atoms with Crippen LogP contribution in [-0.4, -0.2) is 22.0 Å². The smallest absolute Gasteiger partial charge is 0.286 e. The van der Waals surface area contributed by atoms with E-state index in [2.05, 4.69) is 10.3 Å². The Bertz CT molecular complexity index is 689. The number of carbonyl (C=O) groups excluding carboxylic acids is 2. The maximum Gasteiger partial charge on any atom is 0.286 e. The molecule has 3 N–H and O–H groups in total. The predicted octanol–water partition coefficient (Wildman–Crippen LogP) is 2.53. The quantitative estimate of drug-likeness (QED) is 0.582. The number of rotatable bonds is 5. The standard InChI is InChI=1S/C14H14FN3O3S/c1-2-10(8-4-3-5-9(15)6-8)12(19)17-14-16-7-11(22-14)13(20)18-21/h3-7,10,21H,2H2,1H3,(H,18,20)(H,16,17,19). The summed E-state index contributed by atoms with van der Waals surface area (Å²) in [4.78, 5) is 27.6. The molecule has 6 nitrogen and oxygen atoms in total. The van der Waals surface area contributed by atoms with Crippen LogP contribution in [0.25, 0.3) is 0 Å². The van der Waals surface area contributed by atoms with Crippen LogP contribution in [0.5, 0.6) is 0 Å². The highest BCUT2D eigenvalue weighted by Crippen LogP contribution is 2.24. The van der Waals surface area contributed by atoms with Crippen molar-refractivity contribution < 1.29 is 19.2 Å². The SMILES string of the molecule is CCC(C(=O)Nc1ncc(C(=O)NO)s1)c1cccc(F)c1. The van der Waals surface area contributed by atoms with Gasteiger partial charge in [-0.2, -0.15) is 0 Å². The van der Waals surface area contributed by atoms with E-state index in [4.69, 9.17) is 5.21 Å². The number of benzene rings is 1. The van der Waals surface area contributed by atoms with Crippen LogP contribution in [0.3, 0.4) is 0 Å². The number of aromatic nitrogens is 1. The summed E-state index contributed by atoms with van der Waals surface area (Å²) >= 11 is 0.931. The molecule has 0 saturated heterocycles. The van der Waals surface area contributed by atoms with Crippen LogP contribution in [0.1, 0.15) is 34.5 Å². The summed E-state index contributed by atoms with van der Waals surface area (Å²) in [6, 6.07) is 5.87. The fourth-order valence-electron chi connectivity index (χ4n) is 1.98. The zero-order valence-corrected chi connectivity index (χ0v) is 12.5. The van der Waals surface area contributed by atoms with Gasteiger partial charge in [0.25, 0.3) is 5.91 Å². The molecule has 116 valence electrons. The van der Waals surface area contributed by atoms with Gasteiger partial charge in [-0.15, -0.1) is 0 Å². The van der Waals surface area contributed by atoms with Crippen LogP contribution < -0.4 is 10.8 Å². The van der Waals surface area contributed by atoms with Crippen LogP contribution in [0.2, 0.25) is 0 Å². The van der Waals surface area contributed by atoms with E-state index in [0.29, 0.717) is 12.0 Å². The summed E-state index contributed by atoms with van der Waals surface area (Å²) in [6.45, 7) is 1.82. The van der Waals surface area contributed by atoms with Crippen LogP contribution in [-0.2, 0) is 4.79 Å². The van der Waals surface area contributed by atoms with Gasteiger partial charge in [0.2, 0.25) is 5.91 Å². The molecule has 0 aliphatic rings. The molecule has 0 fully saturated rings. The molecule has 22 heavy (non-hydrogen) atoms. The van der Waals surface area contributed by atoms with E-state index >= 15 is 0 Å². The van der Waals surface area contributed by atoms with E-state index < -0.39 is 17.6 Å². The maximum atomic E-state index is 13.3. The third-order valence-electron chi connectivity index (χ3n) is 3.04. The van der Waals surface area contributed by atoms with Crippen LogP contribution in [0, 0.1) is 5.82 Å². The lowest BCUT2D eigenvalue weighted by Gasteiger charge is -2.14. The van der Waals surface area contributed by atoms with Crippen LogP contribution >= 0.6 is 11.3 Å². The highest BCUT2D eigenvalue weighted by Gasteiger charge is 2.21. The zero-order chi connectivity index (χ0) is 16.1. The Morgan fingerprint density at radius 3 is 2.86 bits per heavy atom. The number of nitrogens with one attached hydrogen (secondary N) is 2. The molecule has 1 aromatic carbocycles. The van der Waals surface area contributed by atoms with Crippen molar-refractivity contribution in [2.45, 2.75) is 19.3 Å². The van der Waals surface area contributed by atoms with Gasteiger partial charge in [0.15, 0.2) is 5.13 Å². The molecule has 0 bridgehead atoms. The fourth-order valence-corrected chi connectivity index (χ4v) is 2.69. The summed E-state index contributed by atoms with van der Waals surface area (Å²) in [5.74, 6) is -1.96. The molecule has 2 amide bonds. The Morgan fingerprint density at radius 1 is 1.45 bits per heavy atom. The molecule has 0 spiro atoms. The lowest BCUT2D eigenvalue weighted by Crippen LogP contribution is -2.20. The Morgan fingerprint density at radius 2 is 2.23 bits per heavy atom. The van der Waals surface area contributed by atoms with Crippen molar-refractivity contribution in [3.05, 3.63) is 46.7 Å². The third kappa shape index (κ3) is 3.66. The second kappa shape index (κ2) is 7.10. The van der Waals surface area contributed by atoms with Gasteiger partial charge in [0.05, 0.1) is 12.1 Å². The van der Waals surface area contributed by atoms with Crippen LogP contribution in [0.4, 0.5) is 9.52 Å². The molecule has 8 heteroatoms. The molecule has 1 atom stereocenters. The molecule has 2 rings (SSSR count). The van der Waals surface area contributed by atoms with Crippen molar-refractivity contribution >= 4 is 28.3 Å². The number of halogens is 1. The van der Waals surface area contributed by atoms with Crippen molar-refractivity contribution in [1.29, 1.82) is 0 Å². The predicted molar refractivity (Wildman–Crippen MR) is 79.4 cm³/mol. The second-order valence-corrected chi connectivity index (χ2v) is 5.51. The number of hydroxylamine groups is 1. The highest BCUT2D eigenvalue weighted by atomic mass is 32.1. The average Bonchev–Trinajstić information content (AvgIpc) is 2.95.